The molecule has 0 saturated heterocycles. The molecule has 1 rings (SSSR count). The largest absolute Gasteiger partial charge is 0.383 e. The van der Waals surface area contributed by atoms with E-state index < -0.39 is 17.7 Å². The normalized spacial score (nSPS) is 12.9. The zero-order chi connectivity index (χ0) is 10.7. The summed E-state index contributed by atoms with van der Waals surface area (Å²) in [4.78, 5) is 0. The third-order valence-corrected chi connectivity index (χ3v) is 2.22. The smallest absolute Gasteiger partial charge is 0.132 e. The molecule has 5 heteroatoms. The first-order valence-electron chi connectivity index (χ1n) is 3.95. The number of benzene rings is 1. The SMILES string of the molecule is COCC(N)c1c(F)cc(Br)cc1F. The Morgan fingerprint density at radius 3 is 2.36 bits per heavy atom. The molecule has 2 N–H and O–H groups in total. The molecular weight excluding hydrogens is 256 g/mol. The van der Waals surface area contributed by atoms with Crippen LogP contribution in [0.15, 0.2) is 16.6 Å². The van der Waals surface area contributed by atoms with Crippen molar-refractivity contribution < 1.29 is 13.5 Å². The summed E-state index contributed by atoms with van der Waals surface area (Å²) < 4.78 is 31.6. The first kappa shape index (κ1) is 11.6. The Kier molecular flexibility index (Phi) is 3.97. The van der Waals surface area contributed by atoms with Crippen molar-refractivity contribution in [1.29, 1.82) is 0 Å². The summed E-state index contributed by atoms with van der Waals surface area (Å²) in [5.74, 6) is -1.33. The fourth-order valence-electron chi connectivity index (χ4n) is 1.17. The highest BCUT2D eigenvalue weighted by atomic mass is 79.9. The first-order chi connectivity index (χ1) is 6.56. The predicted molar refractivity (Wildman–Crippen MR) is 52.9 cm³/mol. The van der Waals surface area contributed by atoms with Gasteiger partial charge in [0.05, 0.1) is 12.6 Å². The highest BCUT2D eigenvalue weighted by Gasteiger charge is 2.17. The van der Waals surface area contributed by atoms with E-state index in [4.69, 9.17) is 10.5 Å². The highest BCUT2D eigenvalue weighted by molar-refractivity contribution is 9.10. The van der Waals surface area contributed by atoms with Gasteiger partial charge in [-0.15, -0.1) is 0 Å². The highest BCUT2D eigenvalue weighted by Crippen LogP contribution is 2.23. The van der Waals surface area contributed by atoms with Gasteiger partial charge in [-0.2, -0.15) is 0 Å². The standard InChI is InChI=1S/C9H10BrF2NO/c1-14-4-8(13)9-6(11)2-5(10)3-7(9)12/h2-3,8H,4,13H2,1H3. The molecule has 0 aromatic heterocycles. The van der Waals surface area contributed by atoms with E-state index >= 15 is 0 Å². The van der Waals surface area contributed by atoms with Gasteiger partial charge in [-0.25, -0.2) is 8.78 Å². The number of ether oxygens (including phenoxy) is 1. The van der Waals surface area contributed by atoms with Crippen LogP contribution in [-0.2, 0) is 4.74 Å². The molecule has 2 nitrogen and oxygen atoms in total. The van der Waals surface area contributed by atoms with Gasteiger partial charge >= 0.3 is 0 Å². The molecule has 0 amide bonds. The van der Waals surface area contributed by atoms with Crippen LogP contribution in [0.2, 0.25) is 0 Å². The van der Waals surface area contributed by atoms with Gasteiger partial charge in [-0.1, -0.05) is 15.9 Å². The Labute approximate surface area is 89.2 Å². The summed E-state index contributed by atoms with van der Waals surface area (Å²) in [6.45, 7) is 0.0788. The van der Waals surface area contributed by atoms with Gasteiger partial charge in [0.25, 0.3) is 0 Å². The molecule has 1 atom stereocenters. The number of halogens is 3. The Morgan fingerprint density at radius 1 is 1.43 bits per heavy atom. The van der Waals surface area contributed by atoms with Crippen LogP contribution < -0.4 is 5.73 Å². The zero-order valence-electron chi connectivity index (χ0n) is 7.56. The van der Waals surface area contributed by atoms with E-state index in [0.717, 1.165) is 0 Å². The van der Waals surface area contributed by atoms with Gasteiger partial charge in [0.1, 0.15) is 11.6 Å². The molecule has 0 radical (unpaired) electrons. The number of nitrogens with two attached hydrogens (primary N) is 1. The molecule has 1 aromatic rings. The number of methoxy groups -OCH3 is 1. The molecule has 0 spiro atoms. The fourth-order valence-corrected chi connectivity index (χ4v) is 1.57. The summed E-state index contributed by atoms with van der Waals surface area (Å²) >= 11 is 2.98. The van der Waals surface area contributed by atoms with Gasteiger partial charge in [0, 0.05) is 17.1 Å². The molecule has 0 saturated carbocycles. The summed E-state index contributed by atoms with van der Waals surface area (Å²) in [6.07, 6.45) is 0. The van der Waals surface area contributed by atoms with Gasteiger partial charge in [0.15, 0.2) is 0 Å². The second-order valence-corrected chi connectivity index (χ2v) is 3.76. The van der Waals surface area contributed by atoms with Crippen molar-refractivity contribution in [2.24, 2.45) is 5.73 Å². The predicted octanol–water partition coefficient (Wildman–Crippen LogP) is 2.37. The Hall–Kier alpha value is -0.520. The summed E-state index contributed by atoms with van der Waals surface area (Å²) in [5, 5.41) is 0. The lowest BCUT2D eigenvalue weighted by atomic mass is 10.1. The summed E-state index contributed by atoms with van der Waals surface area (Å²) in [6, 6.07) is 1.56. The lowest BCUT2D eigenvalue weighted by Crippen LogP contribution is -2.19. The molecule has 0 aliphatic carbocycles. The topological polar surface area (TPSA) is 35.2 Å². The summed E-state index contributed by atoms with van der Waals surface area (Å²) in [5.41, 5.74) is 5.39. The third kappa shape index (κ3) is 2.50. The molecule has 14 heavy (non-hydrogen) atoms. The van der Waals surface area contributed by atoms with E-state index in [0.29, 0.717) is 4.47 Å². The van der Waals surface area contributed by atoms with Crippen molar-refractivity contribution in [1.82, 2.24) is 0 Å². The Bertz CT molecular complexity index is 310. The molecule has 0 heterocycles. The monoisotopic (exact) mass is 265 g/mol. The van der Waals surface area contributed by atoms with E-state index in [9.17, 15) is 8.78 Å². The van der Waals surface area contributed by atoms with Gasteiger partial charge < -0.3 is 10.5 Å². The molecule has 0 aliphatic heterocycles. The average molecular weight is 266 g/mol. The van der Waals surface area contributed by atoms with E-state index in [1.807, 2.05) is 0 Å². The Morgan fingerprint density at radius 2 is 1.93 bits per heavy atom. The lowest BCUT2D eigenvalue weighted by molar-refractivity contribution is 0.178. The molecule has 0 aliphatic rings. The molecule has 78 valence electrons. The van der Waals surface area contributed by atoms with Crippen LogP contribution in [0.1, 0.15) is 11.6 Å². The second kappa shape index (κ2) is 4.82. The van der Waals surface area contributed by atoms with Gasteiger partial charge in [0.2, 0.25) is 0 Å². The van der Waals surface area contributed by atoms with Crippen LogP contribution in [0, 0.1) is 11.6 Å². The molecule has 1 unspecified atom stereocenters. The first-order valence-corrected chi connectivity index (χ1v) is 4.74. The van der Waals surface area contributed by atoms with Crippen molar-refractivity contribution in [2.45, 2.75) is 6.04 Å². The van der Waals surface area contributed by atoms with Gasteiger partial charge in [-0.3, -0.25) is 0 Å². The van der Waals surface area contributed by atoms with E-state index in [-0.39, 0.29) is 12.2 Å². The lowest BCUT2D eigenvalue weighted by Gasteiger charge is -2.12. The van der Waals surface area contributed by atoms with Crippen molar-refractivity contribution in [3.63, 3.8) is 0 Å². The molecule has 0 fully saturated rings. The maximum atomic E-state index is 13.3. The van der Waals surface area contributed by atoms with Crippen molar-refractivity contribution in [2.75, 3.05) is 13.7 Å². The van der Waals surface area contributed by atoms with Crippen LogP contribution >= 0.6 is 15.9 Å². The minimum Gasteiger partial charge on any atom is -0.383 e. The number of hydrogen-bond donors (Lipinski definition) is 1. The second-order valence-electron chi connectivity index (χ2n) is 2.84. The zero-order valence-corrected chi connectivity index (χ0v) is 9.14. The molecule has 1 aromatic carbocycles. The number of hydrogen-bond acceptors (Lipinski definition) is 2. The maximum absolute atomic E-state index is 13.3. The van der Waals surface area contributed by atoms with Crippen LogP contribution in [0.4, 0.5) is 8.78 Å². The summed E-state index contributed by atoms with van der Waals surface area (Å²) in [7, 11) is 1.43. The van der Waals surface area contributed by atoms with Crippen LogP contribution in [0.5, 0.6) is 0 Å². The van der Waals surface area contributed by atoms with Crippen LogP contribution in [-0.4, -0.2) is 13.7 Å². The van der Waals surface area contributed by atoms with Gasteiger partial charge in [-0.05, 0) is 12.1 Å². The van der Waals surface area contributed by atoms with Crippen molar-refractivity contribution in [3.05, 3.63) is 33.8 Å². The third-order valence-electron chi connectivity index (χ3n) is 1.76. The molecule has 0 bridgehead atoms. The van der Waals surface area contributed by atoms with E-state index in [1.165, 1.54) is 19.2 Å². The average Bonchev–Trinajstić information content (AvgIpc) is 2.01. The number of rotatable bonds is 3. The Balaban J connectivity index is 3.07. The molecular formula is C9H10BrF2NO. The van der Waals surface area contributed by atoms with Crippen LogP contribution in [0.3, 0.4) is 0 Å². The van der Waals surface area contributed by atoms with Crippen molar-refractivity contribution in [3.8, 4) is 0 Å². The van der Waals surface area contributed by atoms with E-state index in [2.05, 4.69) is 15.9 Å². The maximum Gasteiger partial charge on any atom is 0.132 e. The van der Waals surface area contributed by atoms with E-state index in [1.54, 1.807) is 0 Å². The van der Waals surface area contributed by atoms with Crippen LogP contribution in [0.25, 0.3) is 0 Å². The minimum atomic E-state index is -0.784. The minimum absolute atomic E-state index is 0.0788. The quantitative estimate of drug-likeness (QED) is 0.911. The fraction of sp³-hybridized carbons (Fsp3) is 0.333. The van der Waals surface area contributed by atoms with Crippen molar-refractivity contribution >= 4 is 15.9 Å².